The van der Waals surface area contributed by atoms with Crippen molar-refractivity contribution in [2.45, 2.75) is 17.2 Å². The average molecular weight is 259 g/mol. The molecule has 0 aliphatic rings. The lowest BCUT2D eigenvalue weighted by atomic mass is 10.2. The van der Waals surface area contributed by atoms with Crippen molar-refractivity contribution in [3.63, 3.8) is 0 Å². The second kappa shape index (κ2) is 4.26. The molecule has 0 unspecified atom stereocenters. The SMILES string of the molecule is Cc1nnc(Sc2nc(N)nc3ccccc23)o1. The molecule has 0 saturated carbocycles. The minimum Gasteiger partial charge on any atom is -0.416 e. The smallest absolute Gasteiger partial charge is 0.282 e. The molecule has 3 rings (SSSR count). The number of hydrogen-bond acceptors (Lipinski definition) is 7. The Morgan fingerprint density at radius 1 is 1.17 bits per heavy atom. The fraction of sp³-hybridized carbons (Fsp3) is 0.0909. The third kappa shape index (κ3) is 2.00. The first-order valence-electron chi connectivity index (χ1n) is 5.22. The van der Waals surface area contributed by atoms with Gasteiger partial charge in [-0.25, -0.2) is 9.97 Å². The highest BCUT2D eigenvalue weighted by molar-refractivity contribution is 7.99. The van der Waals surface area contributed by atoms with E-state index < -0.39 is 0 Å². The number of para-hydroxylation sites is 1. The zero-order valence-electron chi connectivity index (χ0n) is 9.49. The van der Waals surface area contributed by atoms with Gasteiger partial charge >= 0.3 is 0 Å². The van der Waals surface area contributed by atoms with Gasteiger partial charge in [-0.15, -0.1) is 10.2 Å². The second-order valence-electron chi connectivity index (χ2n) is 3.59. The topological polar surface area (TPSA) is 90.7 Å². The molecule has 0 radical (unpaired) electrons. The van der Waals surface area contributed by atoms with Crippen molar-refractivity contribution in [3.05, 3.63) is 30.2 Å². The summed E-state index contributed by atoms with van der Waals surface area (Å²) >= 11 is 1.28. The first kappa shape index (κ1) is 11.0. The van der Waals surface area contributed by atoms with Crippen molar-refractivity contribution in [2.75, 3.05) is 5.73 Å². The van der Waals surface area contributed by atoms with Gasteiger partial charge in [-0.1, -0.05) is 18.2 Å². The second-order valence-corrected chi connectivity index (χ2v) is 4.53. The summed E-state index contributed by atoms with van der Waals surface area (Å²) in [5.41, 5.74) is 6.48. The molecule has 2 aromatic heterocycles. The van der Waals surface area contributed by atoms with E-state index in [-0.39, 0.29) is 5.95 Å². The fourth-order valence-corrected chi connectivity index (χ4v) is 2.38. The molecule has 0 bridgehead atoms. The number of anilines is 1. The van der Waals surface area contributed by atoms with Crippen molar-refractivity contribution in [2.24, 2.45) is 0 Å². The third-order valence-electron chi connectivity index (χ3n) is 2.28. The molecule has 0 saturated heterocycles. The molecule has 1 aromatic carbocycles. The van der Waals surface area contributed by atoms with Crippen molar-refractivity contribution in [3.8, 4) is 0 Å². The summed E-state index contributed by atoms with van der Waals surface area (Å²) < 4.78 is 5.32. The van der Waals surface area contributed by atoms with E-state index in [9.17, 15) is 0 Å². The van der Waals surface area contributed by atoms with E-state index in [0.717, 1.165) is 10.9 Å². The minimum absolute atomic E-state index is 0.229. The predicted molar refractivity (Wildman–Crippen MR) is 67.1 cm³/mol. The van der Waals surface area contributed by atoms with Crippen LogP contribution in [0.1, 0.15) is 5.89 Å². The molecule has 0 aliphatic heterocycles. The van der Waals surface area contributed by atoms with Crippen LogP contribution in [0.3, 0.4) is 0 Å². The van der Waals surface area contributed by atoms with Gasteiger partial charge in [-0.3, -0.25) is 0 Å². The van der Waals surface area contributed by atoms with Crippen LogP contribution < -0.4 is 5.73 Å². The molecular weight excluding hydrogens is 250 g/mol. The molecule has 7 heteroatoms. The minimum atomic E-state index is 0.229. The van der Waals surface area contributed by atoms with E-state index in [1.54, 1.807) is 6.92 Å². The average Bonchev–Trinajstić information content (AvgIpc) is 2.74. The van der Waals surface area contributed by atoms with Gasteiger partial charge in [0.2, 0.25) is 11.8 Å². The Kier molecular flexibility index (Phi) is 2.60. The number of aromatic nitrogens is 4. The molecule has 3 aromatic rings. The van der Waals surface area contributed by atoms with Gasteiger partial charge in [0.15, 0.2) is 0 Å². The van der Waals surface area contributed by atoms with Gasteiger partial charge < -0.3 is 10.2 Å². The number of nitrogen functional groups attached to an aromatic ring is 1. The van der Waals surface area contributed by atoms with E-state index >= 15 is 0 Å². The number of fused-ring (bicyclic) bond motifs is 1. The number of benzene rings is 1. The molecular formula is C11H9N5OS. The molecule has 0 aliphatic carbocycles. The van der Waals surface area contributed by atoms with E-state index in [0.29, 0.717) is 16.1 Å². The zero-order valence-corrected chi connectivity index (χ0v) is 10.3. The third-order valence-corrected chi connectivity index (χ3v) is 3.12. The lowest BCUT2D eigenvalue weighted by Crippen LogP contribution is -1.97. The largest absolute Gasteiger partial charge is 0.416 e. The first-order chi connectivity index (χ1) is 8.72. The molecule has 0 amide bonds. The van der Waals surface area contributed by atoms with Gasteiger partial charge in [0, 0.05) is 12.3 Å². The van der Waals surface area contributed by atoms with Crippen molar-refractivity contribution >= 4 is 28.6 Å². The van der Waals surface area contributed by atoms with Crippen LogP contribution >= 0.6 is 11.8 Å². The summed E-state index contributed by atoms with van der Waals surface area (Å²) in [6.45, 7) is 1.74. The maximum absolute atomic E-state index is 5.68. The molecule has 2 heterocycles. The summed E-state index contributed by atoms with van der Waals surface area (Å²) in [5.74, 6) is 0.747. The summed E-state index contributed by atoms with van der Waals surface area (Å²) in [6.07, 6.45) is 0. The molecule has 0 spiro atoms. The Bertz CT molecular complexity index is 711. The summed E-state index contributed by atoms with van der Waals surface area (Å²) in [6, 6.07) is 7.64. The monoisotopic (exact) mass is 259 g/mol. The Balaban J connectivity index is 2.10. The van der Waals surface area contributed by atoms with Crippen molar-refractivity contribution in [1.29, 1.82) is 0 Å². The van der Waals surface area contributed by atoms with E-state index in [1.165, 1.54) is 11.8 Å². The van der Waals surface area contributed by atoms with Gasteiger partial charge in [0.05, 0.1) is 5.52 Å². The van der Waals surface area contributed by atoms with Crippen LogP contribution in [0, 0.1) is 6.92 Å². The lowest BCUT2D eigenvalue weighted by molar-refractivity contribution is 0.429. The molecule has 0 atom stereocenters. The Hall–Kier alpha value is -2.15. The Labute approximate surface area is 107 Å². The lowest BCUT2D eigenvalue weighted by Gasteiger charge is -2.03. The maximum atomic E-state index is 5.68. The van der Waals surface area contributed by atoms with Crippen LogP contribution in [-0.4, -0.2) is 20.2 Å². The van der Waals surface area contributed by atoms with E-state index in [1.807, 2.05) is 24.3 Å². The number of hydrogen-bond donors (Lipinski definition) is 1. The van der Waals surface area contributed by atoms with Crippen molar-refractivity contribution in [1.82, 2.24) is 20.2 Å². The van der Waals surface area contributed by atoms with Gasteiger partial charge in [-0.2, -0.15) is 0 Å². The molecule has 90 valence electrons. The van der Waals surface area contributed by atoms with Gasteiger partial charge in [-0.05, 0) is 17.8 Å². The number of nitrogens with zero attached hydrogens (tertiary/aromatic N) is 4. The molecule has 2 N–H and O–H groups in total. The fourth-order valence-electron chi connectivity index (χ4n) is 1.54. The van der Waals surface area contributed by atoms with Crippen LogP contribution in [-0.2, 0) is 0 Å². The van der Waals surface area contributed by atoms with Gasteiger partial charge in [0.25, 0.3) is 5.22 Å². The highest BCUT2D eigenvalue weighted by Gasteiger charge is 2.11. The number of aryl methyl sites for hydroxylation is 1. The number of nitrogens with two attached hydrogens (primary N) is 1. The molecule has 0 fully saturated rings. The Morgan fingerprint density at radius 3 is 2.78 bits per heavy atom. The number of rotatable bonds is 2. The standard InChI is InChI=1S/C11H9N5OS/c1-6-15-16-11(17-6)18-9-7-4-2-3-5-8(7)13-10(12)14-9/h2-5H,1H3,(H2,12,13,14). The maximum Gasteiger partial charge on any atom is 0.282 e. The summed E-state index contributed by atoms with van der Waals surface area (Å²) in [5, 5.41) is 9.76. The van der Waals surface area contributed by atoms with E-state index in [4.69, 9.17) is 10.2 Å². The predicted octanol–water partition coefficient (Wildman–Crippen LogP) is 2.05. The molecule has 6 nitrogen and oxygen atoms in total. The van der Waals surface area contributed by atoms with Crippen LogP contribution in [0.25, 0.3) is 10.9 Å². The highest BCUT2D eigenvalue weighted by atomic mass is 32.2. The summed E-state index contributed by atoms with van der Waals surface area (Å²) in [7, 11) is 0. The van der Waals surface area contributed by atoms with Crippen LogP contribution in [0.5, 0.6) is 0 Å². The van der Waals surface area contributed by atoms with Crippen molar-refractivity contribution < 1.29 is 4.42 Å². The first-order valence-corrected chi connectivity index (χ1v) is 6.04. The molecule has 18 heavy (non-hydrogen) atoms. The van der Waals surface area contributed by atoms with E-state index in [2.05, 4.69) is 20.2 Å². The normalized spacial score (nSPS) is 10.9. The Morgan fingerprint density at radius 2 is 2.00 bits per heavy atom. The summed E-state index contributed by atoms with van der Waals surface area (Å²) in [4.78, 5) is 8.38. The van der Waals surface area contributed by atoms with Gasteiger partial charge in [0.1, 0.15) is 5.03 Å². The van der Waals surface area contributed by atoms with Crippen LogP contribution in [0.2, 0.25) is 0 Å². The zero-order chi connectivity index (χ0) is 12.5. The highest BCUT2D eigenvalue weighted by Crippen LogP contribution is 2.30. The van der Waals surface area contributed by atoms with Crippen LogP contribution in [0.4, 0.5) is 5.95 Å². The van der Waals surface area contributed by atoms with Crippen LogP contribution in [0.15, 0.2) is 38.9 Å². The quantitative estimate of drug-likeness (QED) is 0.704.